The molecule has 0 fully saturated rings. The van der Waals surface area contributed by atoms with Crippen molar-refractivity contribution in [1.82, 2.24) is 9.29 Å². The maximum atomic E-state index is 12.9. The van der Waals surface area contributed by atoms with Crippen molar-refractivity contribution in [2.24, 2.45) is 0 Å². The smallest absolute Gasteiger partial charge is 0.220 e. The van der Waals surface area contributed by atoms with Crippen molar-refractivity contribution in [3.8, 4) is 11.8 Å². The van der Waals surface area contributed by atoms with Crippen molar-refractivity contribution < 1.29 is 13.5 Å². The molecule has 1 aliphatic carbocycles. The van der Waals surface area contributed by atoms with Crippen molar-refractivity contribution in [3.05, 3.63) is 34.3 Å². The number of allylic oxidation sites excluding steroid dienone is 3. The standard InChI is InChI=1S/C19H26N2O3S2/c1-3-12-21(13-4-2)26(23,24)18-10-8-16(9-11-18)19-20-17(15-25-19)7-5-6-14-22/h8-10,15,18,22H,3-4,6,11-14H2,1-2H3. The van der Waals surface area contributed by atoms with Crippen LogP contribution in [0.5, 0.6) is 0 Å². The van der Waals surface area contributed by atoms with Crippen LogP contribution in [0.2, 0.25) is 0 Å². The molecule has 2 rings (SSSR count). The van der Waals surface area contributed by atoms with Gasteiger partial charge in [0.1, 0.15) is 10.7 Å². The quantitative estimate of drug-likeness (QED) is 0.688. The predicted octanol–water partition coefficient (Wildman–Crippen LogP) is 3.04. The summed E-state index contributed by atoms with van der Waals surface area (Å²) in [7, 11) is -3.32. The lowest BCUT2D eigenvalue weighted by Gasteiger charge is -2.26. The first-order valence-corrected chi connectivity index (χ1v) is 11.3. The predicted molar refractivity (Wildman–Crippen MR) is 107 cm³/mol. The summed E-state index contributed by atoms with van der Waals surface area (Å²) in [5.74, 6) is 5.77. The number of nitrogens with zero attached hydrogens (tertiary/aromatic N) is 2. The molecule has 0 saturated heterocycles. The first kappa shape index (κ1) is 20.8. The number of hydrogen-bond acceptors (Lipinski definition) is 5. The fourth-order valence-electron chi connectivity index (χ4n) is 2.71. The van der Waals surface area contributed by atoms with Crippen LogP contribution in [0.4, 0.5) is 0 Å². The van der Waals surface area contributed by atoms with Crippen molar-refractivity contribution in [1.29, 1.82) is 0 Å². The van der Waals surface area contributed by atoms with Gasteiger partial charge in [-0.3, -0.25) is 0 Å². The van der Waals surface area contributed by atoms with Gasteiger partial charge in [-0.2, -0.15) is 0 Å². The zero-order valence-electron chi connectivity index (χ0n) is 15.3. The van der Waals surface area contributed by atoms with Crippen LogP contribution in [0.25, 0.3) is 5.57 Å². The first-order valence-electron chi connectivity index (χ1n) is 8.95. The molecule has 7 heteroatoms. The number of aliphatic hydroxyl groups excluding tert-OH is 1. The number of aliphatic hydroxyl groups is 1. The van der Waals surface area contributed by atoms with E-state index in [9.17, 15) is 8.42 Å². The van der Waals surface area contributed by atoms with Gasteiger partial charge in [-0.25, -0.2) is 17.7 Å². The summed E-state index contributed by atoms with van der Waals surface area (Å²) in [4.78, 5) is 4.47. The summed E-state index contributed by atoms with van der Waals surface area (Å²) in [6, 6.07) is 0. The third-order valence-electron chi connectivity index (χ3n) is 3.95. The molecular weight excluding hydrogens is 368 g/mol. The highest BCUT2D eigenvalue weighted by atomic mass is 32.2. The fraction of sp³-hybridized carbons (Fsp3) is 0.526. The van der Waals surface area contributed by atoms with Gasteiger partial charge >= 0.3 is 0 Å². The molecule has 0 saturated carbocycles. The zero-order chi connectivity index (χ0) is 19.0. The monoisotopic (exact) mass is 394 g/mol. The Hall–Kier alpha value is -1.46. The zero-order valence-corrected chi connectivity index (χ0v) is 16.9. The SMILES string of the molecule is CCCN(CCC)S(=O)(=O)C1C=CC(c2nc(C#CCCO)cs2)=CC1. The Morgan fingerprint density at radius 1 is 1.35 bits per heavy atom. The lowest BCUT2D eigenvalue weighted by Crippen LogP contribution is -2.39. The molecular formula is C19H26N2O3S2. The molecule has 0 spiro atoms. The van der Waals surface area contributed by atoms with Gasteiger partial charge in [0.15, 0.2) is 0 Å². The number of rotatable bonds is 8. The molecule has 1 aliphatic rings. The molecule has 142 valence electrons. The van der Waals surface area contributed by atoms with E-state index in [-0.39, 0.29) is 6.61 Å². The van der Waals surface area contributed by atoms with E-state index in [4.69, 9.17) is 5.11 Å². The van der Waals surface area contributed by atoms with Crippen LogP contribution in [0.15, 0.2) is 23.6 Å². The molecule has 1 aromatic rings. The van der Waals surface area contributed by atoms with E-state index in [0.29, 0.717) is 31.6 Å². The fourth-order valence-corrected chi connectivity index (χ4v) is 5.36. The summed E-state index contributed by atoms with van der Waals surface area (Å²) < 4.78 is 27.3. The molecule has 1 N–H and O–H groups in total. The van der Waals surface area contributed by atoms with Crippen molar-refractivity contribution >= 4 is 26.9 Å². The molecule has 26 heavy (non-hydrogen) atoms. The molecule has 0 aliphatic heterocycles. The van der Waals surface area contributed by atoms with Gasteiger partial charge in [0.2, 0.25) is 10.0 Å². The molecule has 0 radical (unpaired) electrons. The lowest BCUT2D eigenvalue weighted by molar-refractivity contribution is 0.305. The second-order valence-electron chi connectivity index (χ2n) is 6.05. The Balaban J connectivity index is 2.08. The number of hydrogen-bond donors (Lipinski definition) is 1. The maximum absolute atomic E-state index is 12.9. The van der Waals surface area contributed by atoms with E-state index in [2.05, 4.69) is 16.8 Å². The summed E-state index contributed by atoms with van der Waals surface area (Å²) in [5.41, 5.74) is 1.62. The molecule has 0 bridgehead atoms. The Morgan fingerprint density at radius 2 is 2.08 bits per heavy atom. The molecule has 1 unspecified atom stereocenters. The highest BCUT2D eigenvalue weighted by molar-refractivity contribution is 7.89. The summed E-state index contributed by atoms with van der Waals surface area (Å²) in [6.45, 7) is 5.17. The van der Waals surface area contributed by atoms with E-state index in [1.165, 1.54) is 11.3 Å². The Bertz CT molecular complexity index is 807. The molecule has 1 atom stereocenters. The molecule has 0 aromatic carbocycles. The minimum absolute atomic E-state index is 0.0425. The van der Waals surface area contributed by atoms with Crippen LogP contribution in [-0.2, 0) is 10.0 Å². The van der Waals surface area contributed by atoms with E-state index in [1.54, 1.807) is 10.4 Å². The number of sulfonamides is 1. The van der Waals surface area contributed by atoms with Crippen LogP contribution < -0.4 is 0 Å². The second-order valence-corrected chi connectivity index (χ2v) is 9.06. The maximum Gasteiger partial charge on any atom is 0.220 e. The third kappa shape index (κ3) is 5.27. The molecule has 1 heterocycles. The minimum Gasteiger partial charge on any atom is -0.395 e. The van der Waals surface area contributed by atoms with Gasteiger partial charge in [-0.15, -0.1) is 11.3 Å². The average Bonchev–Trinajstić information content (AvgIpc) is 3.11. The lowest BCUT2D eigenvalue weighted by atomic mass is 10.1. The van der Waals surface area contributed by atoms with Crippen LogP contribution in [0.3, 0.4) is 0 Å². The molecule has 0 amide bonds. The van der Waals surface area contributed by atoms with Crippen LogP contribution in [0, 0.1) is 11.8 Å². The van der Waals surface area contributed by atoms with Crippen LogP contribution in [-0.4, -0.2) is 47.8 Å². The highest BCUT2D eigenvalue weighted by Crippen LogP contribution is 2.28. The van der Waals surface area contributed by atoms with E-state index >= 15 is 0 Å². The highest BCUT2D eigenvalue weighted by Gasteiger charge is 2.30. The van der Waals surface area contributed by atoms with Gasteiger partial charge in [0.05, 0.1) is 11.9 Å². The van der Waals surface area contributed by atoms with Gasteiger partial charge in [-0.1, -0.05) is 38.0 Å². The first-order chi connectivity index (χ1) is 12.5. The Labute approximate surface area is 160 Å². The average molecular weight is 395 g/mol. The van der Waals surface area contributed by atoms with Crippen molar-refractivity contribution in [3.63, 3.8) is 0 Å². The van der Waals surface area contributed by atoms with Crippen LogP contribution in [0.1, 0.15) is 50.2 Å². The third-order valence-corrected chi connectivity index (χ3v) is 7.04. The van der Waals surface area contributed by atoms with Gasteiger partial charge in [0, 0.05) is 30.5 Å². The number of thiazole rings is 1. The van der Waals surface area contributed by atoms with E-state index in [1.807, 2.05) is 31.4 Å². The van der Waals surface area contributed by atoms with E-state index < -0.39 is 15.3 Å². The van der Waals surface area contributed by atoms with Gasteiger partial charge < -0.3 is 5.11 Å². The van der Waals surface area contributed by atoms with E-state index in [0.717, 1.165) is 23.4 Å². The van der Waals surface area contributed by atoms with Crippen molar-refractivity contribution in [2.75, 3.05) is 19.7 Å². The largest absolute Gasteiger partial charge is 0.395 e. The second kappa shape index (κ2) is 10.0. The minimum atomic E-state index is -3.32. The molecule has 1 aromatic heterocycles. The summed E-state index contributed by atoms with van der Waals surface area (Å²) in [5, 5.41) is 11.0. The topological polar surface area (TPSA) is 70.5 Å². The summed E-state index contributed by atoms with van der Waals surface area (Å²) >= 11 is 1.49. The van der Waals surface area contributed by atoms with Crippen molar-refractivity contribution in [2.45, 2.75) is 44.8 Å². The van der Waals surface area contributed by atoms with Crippen LogP contribution >= 0.6 is 11.3 Å². The molecule has 5 nitrogen and oxygen atoms in total. The normalized spacial score (nSPS) is 17.1. The Kier molecular flexibility index (Phi) is 8.04. The number of aromatic nitrogens is 1. The Morgan fingerprint density at radius 3 is 2.65 bits per heavy atom. The summed E-state index contributed by atoms with van der Waals surface area (Å²) in [6.07, 6.45) is 8.10. The van der Waals surface area contributed by atoms with Gasteiger partial charge in [0.25, 0.3) is 0 Å². The van der Waals surface area contributed by atoms with Gasteiger partial charge in [-0.05, 0) is 25.2 Å².